The first-order valence-corrected chi connectivity index (χ1v) is 10.8. The number of hydrogen-bond donors (Lipinski definition) is 2. The Morgan fingerprint density at radius 2 is 2.00 bits per heavy atom. The summed E-state index contributed by atoms with van der Waals surface area (Å²) >= 11 is 6.75. The topological polar surface area (TPSA) is 88.8 Å². The van der Waals surface area contributed by atoms with E-state index in [1.165, 1.54) is 4.57 Å². The van der Waals surface area contributed by atoms with Gasteiger partial charge in [-0.3, -0.25) is 19.3 Å². The van der Waals surface area contributed by atoms with Crippen LogP contribution in [0.5, 0.6) is 17.4 Å². The molecule has 0 amide bonds. The molecule has 0 fully saturated rings. The Morgan fingerprint density at radius 1 is 1.23 bits per heavy atom. The van der Waals surface area contributed by atoms with Gasteiger partial charge in [0.2, 0.25) is 5.88 Å². The highest BCUT2D eigenvalue weighted by Crippen LogP contribution is 2.48. The normalized spacial score (nSPS) is 15.6. The van der Waals surface area contributed by atoms with Crippen LogP contribution in [0.25, 0.3) is 0 Å². The van der Waals surface area contributed by atoms with Crippen LogP contribution in [0.2, 0.25) is 0 Å². The standard InChI is InChI=1S/C22H21N3O4S2/c1-25-21(27)19(20(26)24-22(25)30)15-11-18(31-17-7-5-4-6-14(17)23-15)13-9-8-12(28-2)10-16(13)29-3/h4-10,18,27H,11H2,1-3H3,(H,24,26,30)/t18-/m0/s1. The van der Waals surface area contributed by atoms with E-state index in [-0.39, 0.29) is 21.5 Å². The predicted molar refractivity (Wildman–Crippen MR) is 124 cm³/mol. The number of fused-ring (bicyclic) bond motifs is 1. The number of H-pyrrole nitrogens is 1. The number of aromatic hydroxyl groups is 1. The number of aromatic nitrogens is 2. The Morgan fingerprint density at radius 3 is 2.74 bits per heavy atom. The largest absolute Gasteiger partial charge is 0.497 e. The van der Waals surface area contributed by atoms with Crippen LogP contribution in [0, 0.1) is 4.77 Å². The van der Waals surface area contributed by atoms with Gasteiger partial charge in [-0.2, -0.15) is 0 Å². The zero-order chi connectivity index (χ0) is 22.1. The maximum atomic E-state index is 12.8. The molecule has 3 aromatic rings. The summed E-state index contributed by atoms with van der Waals surface area (Å²) in [7, 11) is 4.82. The zero-order valence-corrected chi connectivity index (χ0v) is 18.8. The smallest absolute Gasteiger partial charge is 0.264 e. The summed E-state index contributed by atoms with van der Waals surface area (Å²) < 4.78 is 12.5. The van der Waals surface area contributed by atoms with Crippen molar-refractivity contribution in [3.8, 4) is 17.4 Å². The van der Waals surface area contributed by atoms with Crippen molar-refractivity contribution in [1.29, 1.82) is 0 Å². The van der Waals surface area contributed by atoms with Gasteiger partial charge < -0.3 is 14.6 Å². The van der Waals surface area contributed by atoms with Crippen LogP contribution in [0.1, 0.15) is 22.8 Å². The second-order valence-electron chi connectivity index (χ2n) is 6.96. The molecule has 9 heteroatoms. The minimum absolute atomic E-state index is 0.115. The number of rotatable bonds is 4. The summed E-state index contributed by atoms with van der Waals surface area (Å²) in [4.78, 5) is 21.1. The molecule has 31 heavy (non-hydrogen) atoms. The van der Waals surface area contributed by atoms with Crippen LogP contribution < -0.4 is 15.0 Å². The van der Waals surface area contributed by atoms with E-state index < -0.39 is 5.56 Å². The molecule has 0 radical (unpaired) electrons. The molecule has 2 heterocycles. The molecule has 1 aliphatic heterocycles. The monoisotopic (exact) mass is 455 g/mol. The number of ether oxygens (including phenoxy) is 2. The van der Waals surface area contributed by atoms with Crippen LogP contribution >= 0.6 is 24.0 Å². The maximum absolute atomic E-state index is 12.8. The third-order valence-corrected chi connectivity index (χ3v) is 6.82. The molecule has 0 spiro atoms. The number of methoxy groups -OCH3 is 2. The molecule has 0 bridgehead atoms. The molecule has 0 saturated heterocycles. The van der Waals surface area contributed by atoms with Gasteiger partial charge in [-0.15, -0.1) is 11.8 Å². The van der Waals surface area contributed by atoms with Crippen molar-refractivity contribution < 1.29 is 14.6 Å². The van der Waals surface area contributed by atoms with Crippen molar-refractivity contribution >= 4 is 35.4 Å². The Kier molecular flexibility index (Phi) is 5.88. The molecular weight excluding hydrogens is 434 g/mol. The molecule has 4 rings (SSSR count). The second kappa shape index (κ2) is 8.60. The number of nitrogens with zero attached hydrogens (tertiary/aromatic N) is 2. The van der Waals surface area contributed by atoms with Crippen LogP contribution in [0.15, 0.2) is 57.1 Å². The summed E-state index contributed by atoms with van der Waals surface area (Å²) in [5.74, 6) is 1.16. The second-order valence-corrected chi connectivity index (χ2v) is 8.59. The quantitative estimate of drug-likeness (QED) is 0.562. The Hall–Kier alpha value is -3.04. The van der Waals surface area contributed by atoms with Gasteiger partial charge in [-0.25, -0.2) is 0 Å². The molecule has 2 N–H and O–H groups in total. The lowest BCUT2D eigenvalue weighted by molar-refractivity contribution is 0.391. The van der Waals surface area contributed by atoms with Gasteiger partial charge in [0.05, 0.1) is 25.6 Å². The van der Waals surface area contributed by atoms with Gasteiger partial charge in [-0.1, -0.05) is 18.2 Å². The number of benzene rings is 2. The van der Waals surface area contributed by atoms with Gasteiger partial charge in [0.25, 0.3) is 5.56 Å². The number of hydrogen-bond acceptors (Lipinski definition) is 7. The molecule has 1 atom stereocenters. The fraction of sp³-hybridized carbons (Fsp3) is 0.227. The summed E-state index contributed by atoms with van der Waals surface area (Å²) in [5, 5.41) is 10.6. The van der Waals surface area contributed by atoms with Gasteiger partial charge in [0, 0.05) is 35.2 Å². The summed E-state index contributed by atoms with van der Waals surface area (Å²) in [5.41, 5.74) is 1.80. The van der Waals surface area contributed by atoms with Crippen molar-refractivity contribution in [1.82, 2.24) is 9.55 Å². The lowest BCUT2D eigenvalue weighted by Gasteiger charge is -2.20. The van der Waals surface area contributed by atoms with Crippen LogP contribution in [0.3, 0.4) is 0 Å². The maximum Gasteiger partial charge on any atom is 0.264 e. The van der Waals surface area contributed by atoms with E-state index in [1.807, 2.05) is 42.5 Å². The van der Waals surface area contributed by atoms with Gasteiger partial charge in [0.15, 0.2) is 4.77 Å². The number of thioether (sulfide) groups is 1. The highest BCUT2D eigenvalue weighted by Gasteiger charge is 2.28. The van der Waals surface area contributed by atoms with Crippen molar-refractivity contribution in [3.63, 3.8) is 0 Å². The SMILES string of the molecule is COc1ccc([C@@H]2CC(c3c(O)n(C)c(=S)[nH]c3=O)=Nc3ccccc3S2)c(OC)c1. The lowest BCUT2D eigenvalue weighted by Crippen LogP contribution is -2.23. The highest BCUT2D eigenvalue weighted by molar-refractivity contribution is 7.99. The van der Waals surface area contributed by atoms with E-state index in [4.69, 9.17) is 26.7 Å². The molecule has 0 unspecified atom stereocenters. The highest BCUT2D eigenvalue weighted by atomic mass is 32.2. The molecule has 0 saturated carbocycles. The van der Waals surface area contributed by atoms with Gasteiger partial charge in [-0.05, 0) is 30.4 Å². The van der Waals surface area contributed by atoms with Crippen molar-refractivity contribution in [2.75, 3.05) is 14.2 Å². The first kappa shape index (κ1) is 21.2. The third-order valence-electron chi connectivity index (χ3n) is 5.14. The fourth-order valence-corrected chi connectivity index (χ4v) is 4.94. The summed E-state index contributed by atoms with van der Waals surface area (Å²) in [6.07, 6.45) is 0.398. The summed E-state index contributed by atoms with van der Waals surface area (Å²) in [6, 6.07) is 13.4. The Labute approximate surface area is 188 Å². The fourth-order valence-electron chi connectivity index (χ4n) is 3.50. The van der Waals surface area contributed by atoms with Gasteiger partial charge in [0.1, 0.15) is 17.1 Å². The number of nitrogens with one attached hydrogen (secondary N) is 1. The molecule has 1 aliphatic rings. The van der Waals surface area contributed by atoms with E-state index in [2.05, 4.69) is 4.98 Å². The average Bonchev–Trinajstić information content (AvgIpc) is 2.96. The van der Waals surface area contributed by atoms with E-state index in [9.17, 15) is 9.90 Å². The zero-order valence-electron chi connectivity index (χ0n) is 17.2. The molecule has 160 valence electrons. The molecule has 2 aromatic carbocycles. The first-order chi connectivity index (χ1) is 14.9. The van der Waals surface area contributed by atoms with Crippen LogP contribution in [0.4, 0.5) is 5.69 Å². The summed E-state index contributed by atoms with van der Waals surface area (Å²) in [6.45, 7) is 0. The average molecular weight is 456 g/mol. The van der Waals surface area contributed by atoms with Crippen LogP contribution in [-0.2, 0) is 7.05 Å². The number of aromatic amines is 1. The minimum atomic E-state index is -0.468. The number of para-hydroxylation sites is 1. The molecular formula is C22H21N3O4S2. The predicted octanol–water partition coefficient (Wildman–Crippen LogP) is 4.52. The van der Waals surface area contributed by atoms with Crippen LogP contribution in [-0.4, -0.2) is 34.6 Å². The van der Waals surface area contributed by atoms with Crippen molar-refractivity contribution in [2.24, 2.45) is 12.0 Å². The molecule has 7 nitrogen and oxygen atoms in total. The minimum Gasteiger partial charge on any atom is -0.497 e. The Balaban J connectivity index is 1.91. The van der Waals surface area contributed by atoms with Gasteiger partial charge >= 0.3 is 0 Å². The van der Waals surface area contributed by atoms with E-state index in [0.717, 1.165) is 16.1 Å². The van der Waals surface area contributed by atoms with Crippen molar-refractivity contribution in [2.45, 2.75) is 16.6 Å². The lowest BCUT2D eigenvalue weighted by atomic mass is 10.0. The van der Waals surface area contributed by atoms with E-state index in [1.54, 1.807) is 33.0 Å². The number of aliphatic imine (C=N–C) groups is 1. The third kappa shape index (κ3) is 3.98. The molecule has 0 aliphatic carbocycles. The van der Waals surface area contributed by atoms with E-state index >= 15 is 0 Å². The van der Waals surface area contributed by atoms with Crippen molar-refractivity contribution in [3.05, 3.63) is 68.7 Å². The Bertz CT molecular complexity index is 1300. The first-order valence-electron chi connectivity index (χ1n) is 9.50. The molecule has 1 aromatic heterocycles. The van der Waals surface area contributed by atoms with E-state index in [0.29, 0.717) is 23.6 Å².